The number of carbonyl (C=O) groups excluding carboxylic acids is 2. The molecule has 0 saturated carbocycles. The van der Waals surface area contributed by atoms with Crippen molar-refractivity contribution in [1.82, 2.24) is 9.80 Å². The largest absolute Gasteiger partial charge is 0.383 e. The first-order valence-electron chi connectivity index (χ1n) is 13.8. The van der Waals surface area contributed by atoms with Crippen molar-refractivity contribution in [2.75, 3.05) is 42.4 Å². The van der Waals surface area contributed by atoms with Crippen LogP contribution in [0.2, 0.25) is 10.0 Å². The number of carbonyl (C=O) groups is 2. The molecule has 4 aromatic carbocycles. The Morgan fingerprint density at radius 3 is 1.52 bits per heavy atom. The predicted molar refractivity (Wildman–Crippen MR) is 181 cm³/mol. The van der Waals surface area contributed by atoms with Gasteiger partial charge in [-0.2, -0.15) is 0 Å². The van der Waals surface area contributed by atoms with Crippen LogP contribution < -0.4 is 0 Å². The van der Waals surface area contributed by atoms with Gasteiger partial charge in [-0.25, -0.2) is 0 Å². The average Bonchev–Trinajstić information content (AvgIpc) is 3.02. The lowest BCUT2D eigenvalue weighted by Crippen LogP contribution is -2.30. The van der Waals surface area contributed by atoms with E-state index in [-0.39, 0.29) is 18.0 Å². The maximum Gasteiger partial charge on any atom is 0.217 e. The standard InChI is InChI=1S/C17H16ClNO.C14H11ClO.C5H13NO2/c1-19(2)12-16(13-6-4-3-5-7-13)17(20)14-8-10-15(18)11-9-14;15-13-8-6-12(7-9-13)14(16)10-11-4-2-1-3-5-11;1-6(2)5(7-3)8-4/h3-12H,1-2H3;1-9H,10H2;5H,1-4H3/b16-12+;;. The second kappa shape index (κ2) is 19.5. The molecule has 0 saturated heterocycles. The van der Waals surface area contributed by atoms with Gasteiger partial charge in [0.2, 0.25) is 6.41 Å². The molecule has 0 fully saturated rings. The highest BCUT2D eigenvalue weighted by Crippen LogP contribution is 2.21. The van der Waals surface area contributed by atoms with E-state index in [1.807, 2.05) is 105 Å². The molecular weight excluding hydrogens is 595 g/mol. The fourth-order valence-electron chi connectivity index (χ4n) is 3.93. The number of hydrogen-bond acceptors (Lipinski definition) is 6. The van der Waals surface area contributed by atoms with Gasteiger partial charge in [-0.3, -0.25) is 14.5 Å². The number of methoxy groups -OCH3 is 2. The summed E-state index contributed by atoms with van der Waals surface area (Å²) in [5.74, 6) is 0.101. The van der Waals surface area contributed by atoms with Gasteiger partial charge in [0.15, 0.2) is 11.6 Å². The molecule has 0 aromatic heterocycles. The van der Waals surface area contributed by atoms with Gasteiger partial charge < -0.3 is 14.4 Å². The van der Waals surface area contributed by atoms with Crippen molar-refractivity contribution >= 4 is 40.3 Å². The molecule has 0 N–H and O–H groups in total. The molecule has 0 heterocycles. The van der Waals surface area contributed by atoms with Gasteiger partial charge in [0.1, 0.15) is 0 Å². The third kappa shape index (κ3) is 12.8. The van der Waals surface area contributed by atoms with Crippen molar-refractivity contribution in [2.45, 2.75) is 12.8 Å². The number of ether oxygens (including phenoxy) is 2. The topological polar surface area (TPSA) is 59.1 Å². The Hall–Kier alpha value is -3.78. The second-order valence-corrected chi connectivity index (χ2v) is 10.9. The summed E-state index contributed by atoms with van der Waals surface area (Å²) in [4.78, 5) is 28.2. The van der Waals surface area contributed by atoms with Gasteiger partial charge in [-0.05, 0) is 73.8 Å². The van der Waals surface area contributed by atoms with E-state index < -0.39 is 0 Å². The van der Waals surface area contributed by atoms with E-state index in [0.29, 0.717) is 33.2 Å². The van der Waals surface area contributed by atoms with Gasteiger partial charge in [-0.1, -0.05) is 83.9 Å². The Kier molecular flexibility index (Phi) is 16.1. The molecule has 0 aliphatic carbocycles. The Morgan fingerprint density at radius 2 is 1.11 bits per heavy atom. The van der Waals surface area contributed by atoms with Crippen molar-refractivity contribution in [3.63, 3.8) is 0 Å². The summed E-state index contributed by atoms with van der Waals surface area (Å²) in [6.45, 7) is 0. The number of ketones is 2. The highest BCUT2D eigenvalue weighted by molar-refractivity contribution is 6.32. The fourth-order valence-corrected chi connectivity index (χ4v) is 4.19. The number of rotatable bonds is 10. The Bertz CT molecular complexity index is 1440. The van der Waals surface area contributed by atoms with Gasteiger partial charge in [0, 0.05) is 67.7 Å². The van der Waals surface area contributed by atoms with E-state index in [2.05, 4.69) is 0 Å². The SMILES string of the molecule is CN(C)/C=C(/C(=O)c1ccc(Cl)cc1)c1ccccc1.COC(OC)N(C)C.O=C(Cc1ccccc1)c1ccc(Cl)cc1. The zero-order valence-electron chi connectivity index (χ0n) is 26.0. The lowest BCUT2D eigenvalue weighted by molar-refractivity contribution is -0.179. The molecule has 0 spiro atoms. The third-order valence-electron chi connectivity index (χ3n) is 6.02. The molecule has 0 aliphatic rings. The van der Waals surface area contributed by atoms with Gasteiger partial charge in [0.25, 0.3) is 0 Å². The van der Waals surface area contributed by atoms with E-state index in [9.17, 15) is 9.59 Å². The van der Waals surface area contributed by atoms with Crippen molar-refractivity contribution in [3.05, 3.63) is 148 Å². The quantitative estimate of drug-likeness (QED) is 0.100. The van der Waals surface area contributed by atoms with Crippen molar-refractivity contribution in [3.8, 4) is 0 Å². The fraction of sp³-hybridized carbons (Fsp3) is 0.222. The van der Waals surface area contributed by atoms with Crippen LogP contribution in [0.25, 0.3) is 5.57 Å². The first-order valence-corrected chi connectivity index (χ1v) is 14.6. The van der Waals surface area contributed by atoms with Crippen LogP contribution in [0.5, 0.6) is 0 Å². The number of benzene rings is 4. The maximum absolute atomic E-state index is 12.7. The van der Waals surface area contributed by atoms with E-state index >= 15 is 0 Å². The molecule has 0 aliphatic heterocycles. The minimum atomic E-state index is -0.213. The Morgan fingerprint density at radius 1 is 0.659 bits per heavy atom. The van der Waals surface area contributed by atoms with Crippen LogP contribution in [0.1, 0.15) is 31.8 Å². The number of hydrogen-bond donors (Lipinski definition) is 0. The van der Waals surface area contributed by atoms with Crippen LogP contribution in [0.15, 0.2) is 115 Å². The smallest absolute Gasteiger partial charge is 0.217 e. The summed E-state index contributed by atoms with van der Waals surface area (Å²) in [5, 5.41) is 1.27. The molecule has 232 valence electrons. The van der Waals surface area contributed by atoms with Crippen LogP contribution in [0, 0.1) is 0 Å². The highest BCUT2D eigenvalue weighted by atomic mass is 35.5. The summed E-state index contributed by atoms with van der Waals surface area (Å²) < 4.78 is 9.73. The average molecular weight is 636 g/mol. The summed E-state index contributed by atoms with van der Waals surface area (Å²) in [6.07, 6.45) is 2.06. The molecule has 0 radical (unpaired) electrons. The molecule has 0 bridgehead atoms. The summed E-state index contributed by atoms with van der Waals surface area (Å²) in [6, 6.07) is 33.3. The van der Waals surface area contributed by atoms with Crippen LogP contribution in [0.3, 0.4) is 0 Å². The van der Waals surface area contributed by atoms with Crippen LogP contribution in [-0.2, 0) is 15.9 Å². The minimum Gasteiger partial charge on any atom is -0.383 e. The second-order valence-electron chi connectivity index (χ2n) is 10.0. The number of nitrogens with zero attached hydrogens (tertiary/aromatic N) is 2. The predicted octanol–water partition coefficient (Wildman–Crippen LogP) is 8.02. The Balaban J connectivity index is 0.000000251. The molecule has 4 aromatic rings. The zero-order chi connectivity index (χ0) is 32.5. The van der Waals surface area contributed by atoms with Crippen molar-refractivity contribution < 1.29 is 19.1 Å². The monoisotopic (exact) mass is 634 g/mol. The van der Waals surface area contributed by atoms with Crippen LogP contribution in [0.4, 0.5) is 0 Å². The molecule has 4 rings (SSSR count). The molecule has 0 unspecified atom stereocenters. The zero-order valence-corrected chi connectivity index (χ0v) is 27.5. The van der Waals surface area contributed by atoms with Gasteiger partial charge in [-0.15, -0.1) is 0 Å². The van der Waals surface area contributed by atoms with Crippen molar-refractivity contribution in [2.24, 2.45) is 0 Å². The minimum absolute atomic E-state index is 0.0124. The first-order chi connectivity index (χ1) is 21.0. The third-order valence-corrected chi connectivity index (χ3v) is 6.53. The van der Waals surface area contributed by atoms with Crippen LogP contribution >= 0.6 is 23.2 Å². The molecule has 0 amide bonds. The Labute approximate surface area is 271 Å². The van der Waals surface area contributed by atoms with E-state index in [0.717, 1.165) is 11.1 Å². The lowest BCUT2D eigenvalue weighted by Gasteiger charge is -2.19. The summed E-state index contributed by atoms with van der Waals surface area (Å²) >= 11 is 11.6. The normalized spacial score (nSPS) is 10.8. The lowest BCUT2D eigenvalue weighted by atomic mass is 9.97. The number of halogens is 2. The summed E-state index contributed by atoms with van der Waals surface area (Å²) in [7, 11) is 10.8. The molecule has 0 atom stereocenters. The van der Waals surface area contributed by atoms with E-state index in [1.165, 1.54) is 0 Å². The molecule has 6 nitrogen and oxygen atoms in total. The first kappa shape index (κ1) is 36.4. The van der Waals surface area contributed by atoms with Crippen LogP contribution in [-0.4, -0.2) is 70.2 Å². The molecule has 44 heavy (non-hydrogen) atoms. The number of Topliss-reactive ketones (excluding diaryl/α,β-unsaturated/α-hetero) is 2. The van der Waals surface area contributed by atoms with E-state index in [1.54, 1.807) is 62.8 Å². The summed E-state index contributed by atoms with van der Waals surface area (Å²) in [5.41, 5.74) is 3.93. The number of allylic oxidation sites excluding steroid dienone is 1. The maximum atomic E-state index is 12.7. The van der Waals surface area contributed by atoms with Gasteiger partial charge in [0.05, 0.1) is 0 Å². The highest BCUT2D eigenvalue weighted by Gasteiger charge is 2.14. The van der Waals surface area contributed by atoms with E-state index in [4.69, 9.17) is 32.7 Å². The van der Waals surface area contributed by atoms with Crippen molar-refractivity contribution in [1.29, 1.82) is 0 Å². The molecule has 8 heteroatoms. The van der Waals surface area contributed by atoms with Gasteiger partial charge >= 0.3 is 0 Å². The molecular formula is C36H40Cl2N2O4.